The van der Waals surface area contributed by atoms with Crippen molar-refractivity contribution in [3.8, 4) is 6.07 Å². The number of tetrazole rings is 1. The molecular weight excluding hydrogens is 594 g/mol. The Kier molecular flexibility index (Phi) is 10.1. The summed E-state index contributed by atoms with van der Waals surface area (Å²) in [6, 6.07) is 13.2. The molecule has 248 valence electrons. The Morgan fingerprint density at radius 3 is 2.11 bits per heavy atom. The Morgan fingerprint density at radius 1 is 1.02 bits per heavy atom. The quantitative estimate of drug-likeness (QED) is 0.262. The molecule has 2 aliphatic rings. The SMILES string of the molecule is CCNC(=O)c1ccc2c(c1)CCc1cc(C(=O)NCC)ccc1C2(C[C@H](NCC(=O)N1CCC[C@H]1C#N)C(C)(C)C)c1nn[nH]n1. The number of nitriles is 1. The van der Waals surface area contributed by atoms with Crippen LogP contribution in [-0.4, -0.2) is 81.5 Å². The van der Waals surface area contributed by atoms with Gasteiger partial charge in [-0.05, 0) is 97.9 Å². The van der Waals surface area contributed by atoms with Crippen molar-refractivity contribution in [2.24, 2.45) is 5.41 Å². The summed E-state index contributed by atoms with van der Waals surface area (Å²) in [5.74, 6) is 0.0683. The Morgan fingerprint density at radius 2 is 1.62 bits per heavy atom. The highest BCUT2D eigenvalue weighted by Crippen LogP contribution is 2.48. The van der Waals surface area contributed by atoms with Crippen LogP contribution in [0.1, 0.15) is 103 Å². The summed E-state index contributed by atoms with van der Waals surface area (Å²) in [5, 5.41) is 34.8. The Balaban J connectivity index is 1.66. The van der Waals surface area contributed by atoms with Crippen molar-refractivity contribution in [3.05, 3.63) is 75.6 Å². The van der Waals surface area contributed by atoms with Crippen LogP contribution in [0.4, 0.5) is 0 Å². The number of aromatic amines is 1. The zero-order valence-corrected chi connectivity index (χ0v) is 27.9. The Bertz CT molecular complexity index is 1590. The molecule has 0 unspecified atom stereocenters. The molecule has 5 rings (SSSR count). The minimum atomic E-state index is -0.954. The van der Waals surface area contributed by atoms with Crippen molar-refractivity contribution in [1.29, 1.82) is 5.26 Å². The first kappa shape index (κ1) is 33.7. The first-order valence-corrected chi connectivity index (χ1v) is 16.5. The van der Waals surface area contributed by atoms with E-state index in [0.29, 0.717) is 62.3 Å². The van der Waals surface area contributed by atoms with Crippen LogP contribution in [0, 0.1) is 16.7 Å². The number of amides is 3. The minimum absolute atomic E-state index is 0.0778. The highest BCUT2D eigenvalue weighted by atomic mass is 16.2. The van der Waals surface area contributed by atoms with Gasteiger partial charge in [0.2, 0.25) is 5.91 Å². The molecule has 0 bridgehead atoms. The molecule has 2 aromatic carbocycles. The number of carbonyl (C=O) groups excluding carboxylic acids is 3. The van der Waals surface area contributed by atoms with Crippen LogP contribution in [0.2, 0.25) is 0 Å². The number of hydrogen-bond donors (Lipinski definition) is 4. The third-order valence-electron chi connectivity index (χ3n) is 9.50. The van der Waals surface area contributed by atoms with Gasteiger partial charge in [-0.3, -0.25) is 14.4 Å². The van der Waals surface area contributed by atoms with Crippen LogP contribution < -0.4 is 16.0 Å². The molecule has 0 saturated carbocycles. The fourth-order valence-electron chi connectivity index (χ4n) is 7.05. The fraction of sp³-hybridized carbons (Fsp3) is 0.514. The molecule has 1 aromatic heterocycles. The first-order chi connectivity index (χ1) is 22.5. The molecule has 1 aliphatic heterocycles. The molecule has 12 heteroatoms. The molecule has 2 heterocycles. The molecule has 47 heavy (non-hydrogen) atoms. The van der Waals surface area contributed by atoms with Gasteiger partial charge in [-0.2, -0.15) is 10.5 Å². The van der Waals surface area contributed by atoms with Crippen LogP contribution in [-0.2, 0) is 23.1 Å². The number of benzene rings is 2. The van der Waals surface area contributed by atoms with Crippen molar-refractivity contribution < 1.29 is 14.4 Å². The van der Waals surface area contributed by atoms with Gasteiger partial charge in [0, 0.05) is 36.8 Å². The van der Waals surface area contributed by atoms with Crippen molar-refractivity contribution in [1.82, 2.24) is 41.5 Å². The Hall–Kier alpha value is -4.63. The smallest absolute Gasteiger partial charge is 0.251 e. The second-order valence-electron chi connectivity index (χ2n) is 13.5. The molecule has 1 saturated heterocycles. The van der Waals surface area contributed by atoms with Gasteiger partial charge in [0.15, 0.2) is 5.82 Å². The highest BCUT2D eigenvalue weighted by Gasteiger charge is 2.48. The lowest BCUT2D eigenvalue weighted by Crippen LogP contribution is -2.51. The standard InChI is InChI=1S/C35H45N9O3/c1-6-37-31(46)24-12-14-27-22(17-24)10-11-23-18-25(32(47)38-7-2)13-15-28(23)35(27,33-40-42-43-41-33)19-29(34(3,4)5)39-21-30(45)44-16-8-9-26(44)20-36/h12-15,17-18,26,29,39H,6-11,16,19,21H2,1-5H3,(H,37,46)(H,38,47)(H,40,41,42,43)/t26-,29-/m0/s1. The van der Waals surface area contributed by atoms with E-state index in [1.165, 1.54) is 0 Å². The van der Waals surface area contributed by atoms with Gasteiger partial charge in [0.1, 0.15) is 6.04 Å². The third kappa shape index (κ3) is 6.76. The minimum Gasteiger partial charge on any atom is -0.352 e. The maximum absolute atomic E-state index is 13.4. The van der Waals surface area contributed by atoms with E-state index in [-0.39, 0.29) is 35.7 Å². The number of aromatic nitrogens is 4. The average molecular weight is 640 g/mol. The van der Waals surface area contributed by atoms with Gasteiger partial charge >= 0.3 is 0 Å². The number of nitrogens with one attached hydrogen (secondary N) is 4. The number of fused-ring (bicyclic) bond motifs is 2. The van der Waals surface area contributed by atoms with Crippen LogP contribution in [0.3, 0.4) is 0 Å². The number of aryl methyl sites for hydroxylation is 2. The van der Waals surface area contributed by atoms with Gasteiger partial charge in [0.05, 0.1) is 18.0 Å². The summed E-state index contributed by atoms with van der Waals surface area (Å²) in [7, 11) is 0. The van der Waals surface area contributed by atoms with E-state index in [2.05, 4.69) is 63.4 Å². The predicted molar refractivity (Wildman–Crippen MR) is 177 cm³/mol. The van der Waals surface area contributed by atoms with Crippen molar-refractivity contribution in [2.75, 3.05) is 26.2 Å². The molecule has 12 nitrogen and oxygen atoms in total. The topological polar surface area (TPSA) is 169 Å². The number of nitrogens with zero attached hydrogens (tertiary/aromatic N) is 5. The average Bonchev–Trinajstić information content (AvgIpc) is 3.75. The summed E-state index contributed by atoms with van der Waals surface area (Å²) in [5.41, 5.74) is 3.70. The second-order valence-corrected chi connectivity index (χ2v) is 13.5. The normalized spacial score (nSPS) is 17.5. The lowest BCUT2D eigenvalue weighted by molar-refractivity contribution is -0.130. The molecule has 3 amide bonds. The fourth-order valence-corrected chi connectivity index (χ4v) is 7.05. The molecule has 1 aliphatic carbocycles. The molecule has 3 aromatic rings. The molecule has 1 fully saturated rings. The zero-order valence-electron chi connectivity index (χ0n) is 27.9. The van der Waals surface area contributed by atoms with Crippen molar-refractivity contribution >= 4 is 17.7 Å². The maximum Gasteiger partial charge on any atom is 0.251 e. The molecule has 2 atom stereocenters. The second kappa shape index (κ2) is 14.0. The molecule has 4 N–H and O–H groups in total. The summed E-state index contributed by atoms with van der Waals surface area (Å²) < 4.78 is 0. The van der Waals surface area contributed by atoms with E-state index >= 15 is 0 Å². The van der Waals surface area contributed by atoms with Gasteiger partial charge in [-0.1, -0.05) is 38.1 Å². The predicted octanol–water partition coefficient (Wildman–Crippen LogP) is 3.04. The van der Waals surface area contributed by atoms with E-state index in [1.807, 2.05) is 50.2 Å². The van der Waals surface area contributed by atoms with Crippen LogP contribution in [0.15, 0.2) is 36.4 Å². The van der Waals surface area contributed by atoms with Crippen LogP contribution >= 0.6 is 0 Å². The van der Waals surface area contributed by atoms with E-state index in [4.69, 9.17) is 0 Å². The summed E-state index contributed by atoms with van der Waals surface area (Å²) in [6.45, 7) is 11.8. The van der Waals surface area contributed by atoms with Gasteiger partial charge in [-0.15, -0.1) is 10.2 Å². The molecule has 0 radical (unpaired) electrons. The van der Waals surface area contributed by atoms with Gasteiger partial charge < -0.3 is 20.9 Å². The van der Waals surface area contributed by atoms with Crippen molar-refractivity contribution in [3.63, 3.8) is 0 Å². The molecular formula is C35H45N9O3. The van der Waals surface area contributed by atoms with E-state index in [1.54, 1.807) is 4.90 Å². The monoisotopic (exact) mass is 639 g/mol. The van der Waals surface area contributed by atoms with Gasteiger partial charge in [-0.25, -0.2) is 0 Å². The van der Waals surface area contributed by atoms with Crippen molar-refractivity contribution in [2.45, 2.75) is 84.2 Å². The Labute approximate surface area is 276 Å². The lowest BCUT2D eigenvalue weighted by Gasteiger charge is -2.41. The zero-order chi connectivity index (χ0) is 33.8. The third-order valence-corrected chi connectivity index (χ3v) is 9.50. The van der Waals surface area contributed by atoms with Gasteiger partial charge in [0.25, 0.3) is 11.8 Å². The first-order valence-electron chi connectivity index (χ1n) is 16.5. The van der Waals surface area contributed by atoms with Crippen LogP contribution in [0.5, 0.6) is 0 Å². The summed E-state index contributed by atoms with van der Waals surface area (Å²) >= 11 is 0. The number of likely N-dealkylation sites (tertiary alicyclic amines) is 1. The van der Waals surface area contributed by atoms with Crippen LogP contribution in [0.25, 0.3) is 0 Å². The molecule has 0 spiro atoms. The summed E-state index contributed by atoms with van der Waals surface area (Å²) in [6.07, 6.45) is 3.22. The number of hydrogen-bond acceptors (Lipinski definition) is 8. The number of H-pyrrole nitrogens is 1. The van der Waals surface area contributed by atoms with E-state index < -0.39 is 11.5 Å². The largest absolute Gasteiger partial charge is 0.352 e. The summed E-state index contributed by atoms with van der Waals surface area (Å²) in [4.78, 5) is 41.0. The van der Waals surface area contributed by atoms with E-state index in [0.717, 1.165) is 28.7 Å². The number of rotatable bonds is 10. The maximum atomic E-state index is 13.4. The lowest BCUT2D eigenvalue weighted by atomic mass is 9.64. The highest BCUT2D eigenvalue weighted by molar-refractivity contribution is 5.95. The number of carbonyl (C=O) groups is 3. The van der Waals surface area contributed by atoms with E-state index in [9.17, 15) is 19.6 Å².